The second kappa shape index (κ2) is 8.05. The van der Waals surface area contributed by atoms with Gasteiger partial charge in [0.15, 0.2) is 11.6 Å². The van der Waals surface area contributed by atoms with Crippen LogP contribution in [0.3, 0.4) is 0 Å². The van der Waals surface area contributed by atoms with Crippen LogP contribution < -0.4 is 0 Å². The number of phenolic OH excluding ortho intramolecular Hbond substituents is 1. The molecule has 0 radical (unpaired) electrons. The third-order valence-electron chi connectivity index (χ3n) is 4.93. The van der Waals surface area contributed by atoms with E-state index in [1.165, 1.54) is 28.8 Å². The third-order valence-corrected chi connectivity index (χ3v) is 5.67. The van der Waals surface area contributed by atoms with Crippen LogP contribution in [-0.4, -0.2) is 26.7 Å². The quantitative estimate of drug-likeness (QED) is 0.531. The van der Waals surface area contributed by atoms with Crippen molar-refractivity contribution in [2.24, 2.45) is 0 Å². The lowest BCUT2D eigenvalue weighted by Gasteiger charge is -2.13. The first-order valence-corrected chi connectivity index (χ1v) is 9.69. The van der Waals surface area contributed by atoms with Crippen molar-refractivity contribution in [2.75, 3.05) is 0 Å². The van der Waals surface area contributed by atoms with Gasteiger partial charge in [-0.3, -0.25) is 14.2 Å². The normalized spacial score (nSPS) is 12.3. The summed E-state index contributed by atoms with van der Waals surface area (Å²) in [5, 5.41) is 20.0. The van der Waals surface area contributed by atoms with Gasteiger partial charge in [-0.05, 0) is 49.2 Å². The number of aromatic hydroxyl groups is 1. The van der Waals surface area contributed by atoms with Gasteiger partial charge >= 0.3 is 5.97 Å². The molecule has 29 heavy (non-hydrogen) atoms. The highest BCUT2D eigenvalue weighted by Gasteiger charge is 2.31. The largest absolute Gasteiger partial charge is 0.505 e. The number of benzene rings is 2. The lowest BCUT2D eigenvalue weighted by atomic mass is 9.92. The molecule has 0 saturated heterocycles. The van der Waals surface area contributed by atoms with Crippen LogP contribution in [-0.2, 0) is 4.79 Å². The van der Waals surface area contributed by atoms with Crippen LogP contribution in [0.5, 0.6) is 5.75 Å². The maximum absolute atomic E-state index is 14.9. The first-order chi connectivity index (χ1) is 13.7. The van der Waals surface area contributed by atoms with Crippen LogP contribution in [0.1, 0.15) is 47.3 Å². The third kappa shape index (κ3) is 3.58. The number of carbonyl (C=O) groups is 2. The fourth-order valence-electron chi connectivity index (χ4n) is 3.61. The van der Waals surface area contributed by atoms with Gasteiger partial charge in [-0.25, -0.2) is 4.39 Å². The van der Waals surface area contributed by atoms with Crippen LogP contribution >= 0.6 is 23.2 Å². The zero-order valence-corrected chi connectivity index (χ0v) is 17.2. The zero-order chi connectivity index (χ0) is 21.5. The average Bonchev–Trinajstić information content (AvgIpc) is 2.96. The van der Waals surface area contributed by atoms with Gasteiger partial charge in [0, 0.05) is 16.6 Å². The van der Waals surface area contributed by atoms with Crippen LogP contribution in [0, 0.1) is 12.7 Å². The van der Waals surface area contributed by atoms with Gasteiger partial charge in [0.05, 0.1) is 21.5 Å². The number of aliphatic carboxylic acids is 1. The van der Waals surface area contributed by atoms with Gasteiger partial charge < -0.3 is 10.2 Å². The Morgan fingerprint density at radius 2 is 1.86 bits per heavy atom. The van der Waals surface area contributed by atoms with Crippen molar-refractivity contribution in [3.63, 3.8) is 0 Å². The van der Waals surface area contributed by atoms with Crippen molar-refractivity contribution >= 4 is 46.0 Å². The second-order valence-electron chi connectivity index (χ2n) is 6.74. The fourth-order valence-corrected chi connectivity index (χ4v) is 3.90. The molecule has 152 valence electrons. The Labute approximate surface area is 176 Å². The molecule has 1 atom stereocenters. The summed E-state index contributed by atoms with van der Waals surface area (Å²) < 4.78 is 16.1. The summed E-state index contributed by atoms with van der Waals surface area (Å²) in [5.41, 5.74) is 0.852. The van der Waals surface area contributed by atoms with Gasteiger partial charge in [0.2, 0.25) is 0 Å². The van der Waals surface area contributed by atoms with E-state index in [1.54, 1.807) is 6.92 Å². The van der Waals surface area contributed by atoms with E-state index in [0.29, 0.717) is 12.1 Å². The van der Waals surface area contributed by atoms with Crippen LogP contribution in [0.4, 0.5) is 4.39 Å². The van der Waals surface area contributed by atoms with Crippen LogP contribution in [0.15, 0.2) is 30.3 Å². The molecule has 1 aromatic heterocycles. The molecule has 3 rings (SSSR count). The minimum atomic E-state index is -1.13. The Bertz CT molecular complexity index is 1140. The summed E-state index contributed by atoms with van der Waals surface area (Å²) in [5.74, 6) is -4.23. The molecular weight excluding hydrogens is 420 g/mol. The summed E-state index contributed by atoms with van der Waals surface area (Å²) in [6.07, 6.45) is 0.801. The first-order valence-electron chi connectivity index (χ1n) is 8.93. The van der Waals surface area contributed by atoms with E-state index in [9.17, 15) is 24.2 Å². The van der Waals surface area contributed by atoms with E-state index < -0.39 is 29.4 Å². The number of carbonyl (C=O) groups excluding carboxylic acids is 1. The summed E-state index contributed by atoms with van der Waals surface area (Å²) in [7, 11) is 0. The molecule has 0 aliphatic carbocycles. The number of carboxylic acids is 1. The van der Waals surface area contributed by atoms with Crippen LogP contribution in [0.25, 0.3) is 10.9 Å². The maximum atomic E-state index is 14.9. The Morgan fingerprint density at radius 1 is 1.17 bits per heavy atom. The van der Waals surface area contributed by atoms with Gasteiger partial charge in [0.25, 0.3) is 5.91 Å². The summed E-state index contributed by atoms with van der Waals surface area (Å²) in [6, 6.07) is 6.88. The number of hydrogen-bond donors (Lipinski definition) is 2. The lowest BCUT2D eigenvalue weighted by molar-refractivity contribution is -0.139. The molecule has 0 spiro atoms. The van der Waals surface area contributed by atoms with Crippen molar-refractivity contribution in [3.8, 4) is 5.75 Å². The van der Waals surface area contributed by atoms with Gasteiger partial charge in [0.1, 0.15) is 0 Å². The number of phenols is 1. The summed E-state index contributed by atoms with van der Waals surface area (Å²) in [6.45, 7) is 3.38. The van der Waals surface area contributed by atoms with Crippen molar-refractivity contribution in [3.05, 3.63) is 63.0 Å². The molecule has 8 heteroatoms. The molecule has 0 saturated carbocycles. The second-order valence-corrected chi connectivity index (χ2v) is 7.56. The minimum absolute atomic E-state index is 0.0724. The number of carboxylic acid groups (broad SMARTS) is 1. The molecule has 3 aromatic rings. The summed E-state index contributed by atoms with van der Waals surface area (Å²) in [4.78, 5) is 25.1. The number of fused-ring (bicyclic) bond motifs is 1. The van der Waals surface area contributed by atoms with E-state index >= 15 is 0 Å². The number of halogens is 3. The topological polar surface area (TPSA) is 79.5 Å². The van der Waals surface area contributed by atoms with Crippen molar-refractivity contribution in [2.45, 2.75) is 32.6 Å². The molecule has 2 N–H and O–H groups in total. The number of nitrogens with zero attached hydrogens (tertiary/aromatic N) is 1. The van der Waals surface area contributed by atoms with Gasteiger partial charge in [-0.1, -0.05) is 36.5 Å². The van der Waals surface area contributed by atoms with E-state index in [1.807, 2.05) is 6.92 Å². The molecule has 5 nitrogen and oxygen atoms in total. The Kier molecular flexibility index (Phi) is 5.87. The first kappa shape index (κ1) is 21.1. The monoisotopic (exact) mass is 437 g/mol. The molecule has 0 bridgehead atoms. The Hall–Kier alpha value is -2.57. The average molecular weight is 438 g/mol. The molecule has 0 fully saturated rings. The predicted octanol–water partition coefficient (Wildman–Crippen LogP) is 5.76. The zero-order valence-electron chi connectivity index (χ0n) is 15.7. The van der Waals surface area contributed by atoms with Crippen molar-refractivity contribution in [1.82, 2.24) is 4.57 Å². The Morgan fingerprint density at radius 3 is 2.45 bits per heavy atom. The van der Waals surface area contributed by atoms with E-state index in [0.717, 1.165) is 6.07 Å². The molecule has 0 aliphatic heterocycles. The number of hydrogen-bond acceptors (Lipinski definition) is 3. The molecular formula is C21H18Cl2FNO4. The van der Waals surface area contributed by atoms with E-state index in [4.69, 9.17) is 23.2 Å². The van der Waals surface area contributed by atoms with Crippen molar-refractivity contribution in [1.29, 1.82) is 0 Å². The minimum Gasteiger partial charge on any atom is -0.505 e. The highest BCUT2D eigenvalue weighted by molar-refractivity contribution is 6.42. The fraction of sp³-hybridized carbons (Fsp3) is 0.238. The molecule has 0 unspecified atom stereocenters. The molecule has 2 aromatic carbocycles. The number of aromatic nitrogens is 1. The van der Waals surface area contributed by atoms with Gasteiger partial charge in [-0.2, -0.15) is 0 Å². The van der Waals surface area contributed by atoms with Gasteiger partial charge in [-0.15, -0.1) is 0 Å². The predicted molar refractivity (Wildman–Crippen MR) is 110 cm³/mol. The Balaban J connectivity index is 2.35. The standard InChI is InChI=1S/C21H18Cl2FNO4/c1-3-4-12(21(28)29)17-10(2)25(15-7-8-16(26)19(24)18(15)17)20(27)11-5-6-13(22)14(23)9-11/h5-9,12,26H,3-4H2,1-2H3,(H,28,29)/t12-/m0/s1. The highest BCUT2D eigenvalue weighted by Crippen LogP contribution is 2.39. The number of rotatable bonds is 5. The van der Waals surface area contributed by atoms with Crippen molar-refractivity contribution < 1.29 is 24.2 Å². The molecule has 0 amide bonds. The maximum Gasteiger partial charge on any atom is 0.311 e. The smallest absolute Gasteiger partial charge is 0.311 e. The van der Waals surface area contributed by atoms with Crippen LogP contribution in [0.2, 0.25) is 10.0 Å². The molecule has 0 aliphatic rings. The highest BCUT2D eigenvalue weighted by atomic mass is 35.5. The SMILES string of the molecule is CCC[C@H](C(=O)O)c1c(C)n(C(=O)c2ccc(Cl)c(Cl)c2)c2ccc(O)c(F)c12. The van der Waals surface area contributed by atoms with E-state index in [2.05, 4.69) is 0 Å². The summed E-state index contributed by atoms with van der Waals surface area (Å²) >= 11 is 11.9. The van der Waals surface area contributed by atoms with E-state index in [-0.39, 0.29) is 38.5 Å². The lowest BCUT2D eigenvalue weighted by Crippen LogP contribution is -2.16. The molecule has 1 heterocycles.